The Morgan fingerprint density at radius 3 is 2.80 bits per heavy atom. The summed E-state index contributed by atoms with van der Waals surface area (Å²) in [7, 11) is 0. The van der Waals surface area contributed by atoms with E-state index in [1.54, 1.807) is 6.92 Å². The Bertz CT molecular complexity index is 709. The largest absolute Gasteiger partial charge is 0.374 e. The Hall–Kier alpha value is -1.71. The van der Waals surface area contributed by atoms with Crippen molar-refractivity contribution in [1.82, 2.24) is 19.9 Å². The van der Waals surface area contributed by atoms with Gasteiger partial charge in [-0.1, -0.05) is 11.3 Å². The number of halogens is 2. The molecule has 0 aromatic carbocycles. The van der Waals surface area contributed by atoms with Crippen LogP contribution < -0.4 is 5.32 Å². The van der Waals surface area contributed by atoms with Gasteiger partial charge in [0, 0.05) is 25.6 Å². The first-order valence-electron chi connectivity index (χ1n) is 8.21. The van der Waals surface area contributed by atoms with Gasteiger partial charge in [0.1, 0.15) is 12.1 Å². The molecule has 1 fully saturated rings. The number of nitrogens with zero attached hydrogens (tertiary/aromatic N) is 4. The topological polar surface area (TPSA) is 74.2 Å². The van der Waals surface area contributed by atoms with Crippen LogP contribution in [0.5, 0.6) is 0 Å². The molecule has 0 radical (unpaired) electrons. The fraction of sp³-hybridized carbons (Fsp3) is 0.562. The minimum absolute atomic E-state index is 0.306. The molecule has 2 aromatic rings. The number of hydrogen-bond donors (Lipinski definition) is 2. The predicted molar refractivity (Wildman–Crippen MR) is 91.0 cm³/mol. The van der Waals surface area contributed by atoms with Gasteiger partial charge in [-0.05, 0) is 26.2 Å². The van der Waals surface area contributed by atoms with Crippen LogP contribution in [0.1, 0.15) is 31.0 Å². The zero-order chi connectivity index (χ0) is 18.0. The summed E-state index contributed by atoms with van der Waals surface area (Å²) in [6.07, 6.45) is 3.23. The summed E-state index contributed by atoms with van der Waals surface area (Å²) < 4.78 is 26.9. The third kappa shape index (κ3) is 4.68. The van der Waals surface area contributed by atoms with Crippen molar-refractivity contribution in [3.05, 3.63) is 34.9 Å². The standard InChI is InChI=1S/C16H21F2N5OS/c1-9-3-11(4-14-19-5-12(17)6-20-14)7-23(9)8-13-15(18)22-16(25-13)21-10(2)24/h5-6,9-11,24H,3-4,7-8H2,1-2H3,(H,21,22)/t9-,10?,11-/m1/s1. The van der Waals surface area contributed by atoms with Crippen molar-refractivity contribution in [1.29, 1.82) is 0 Å². The molecule has 25 heavy (non-hydrogen) atoms. The average molecular weight is 369 g/mol. The first kappa shape index (κ1) is 18.1. The van der Waals surface area contributed by atoms with Crippen LogP contribution in [0.2, 0.25) is 0 Å². The van der Waals surface area contributed by atoms with Crippen molar-refractivity contribution in [2.45, 2.75) is 45.5 Å². The summed E-state index contributed by atoms with van der Waals surface area (Å²) in [5.41, 5.74) is 0. The van der Waals surface area contributed by atoms with Gasteiger partial charge < -0.3 is 10.4 Å². The van der Waals surface area contributed by atoms with Gasteiger partial charge in [0.25, 0.3) is 0 Å². The third-order valence-electron chi connectivity index (χ3n) is 4.26. The highest BCUT2D eigenvalue weighted by atomic mass is 32.1. The summed E-state index contributed by atoms with van der Waals surface area (Å²) in [5.74, 6) is 0.0532. The van der Waals surface area contributed by atoms with Crippen molar-refractivity contribution in [3.8, 4) is 0 Å². The minimum atomic E-state index is -0.774. The normalized spacial score (nSPS) is 22.3. The van der Waals surface area contributed by atoms with Crippen LogP contribution in [0.3, 0.4) is 0 Å². The number of aromatic nitrogens is 3. The molecule has 0 amide bonds. The van der Waals surface area contributed by atoms with Gasteiger partial charge in [0.15, 0.2) is 10.9 Å². The second-order valence-corrected chi connectivity index (χ2v) is 7.54. The van der Waals surface area contributed by atoms with E-state index in [2.05, 4.69) is 32.1 Å². The quantitative estimate of drug-likeness (QED) is 0.762. The van der Waals surface area contributed by atoms with Gasteiger partial charge in [-0.15, -0.1) is 0 Å². The molecule has 3 heterocycles. The summed E-state index contributed by atoms with van der Waals surface area (Å²) in [6.45, 7) is 4.95. The lowest BCUT2D eigenvalue weighted by Crippen LogP contribution is -2.26. The van der Waals surface area contributed by atoms with Crippen LogP contribution in [-0.2, 0) is 13.0 Å². The third-order valence-corrected chi connectivity index (χ3v) is 5.21. The molecular weight excluding hydrogens is 348 g/mol. The fourth-order valence-corrected chi connectivity index (χ4v) is 4.09. The van der Waals surface area contributed by atoms with Crippen LogP contribution in [0.15, 0.2) is 12.4 Å². The highest BCUT2D eigenvalue weighted by Gasteiger charge is 2.31. The molecule has 1 aliphatic heterocycles. The van der Waals surface area contributed by atoms with E-state index in [4.69, 9.17) is 0 Å². The monoisotopic (exact) mass is 369 g/mol. The number of aliphatic hydroxyl groups excluding tert-OH is 1. The molecule has 0 spiro atoms. The van der Waals surface area contributed by atoms with Crippen LogP contribution in [0.4, 0.5) is 13.9 Å². The molecule has 0 bridgehead atoms. The lowest BCUT2D eigenvalue weighted by molar-refractivity contribution is 0.224. The molecule has 1 unspecified atom stereocenters. The van der Waals surface area contributed by atoms with Gasteiger partial charge in [-0.3, -0.25) is 4.90 Å². The SMILES string of the molecule is CC(O)Nc1nc(F)c(CN2C[C@@H](Cc3ncc(F)cn3)C[C@H]2C)s1. The maximum atomic E-state index is 14.0. The van der Waals surface area contributed by atoms with Crippen LogP contribution >= 0.6 is 11.3 Å². The Morgan fingerprint density at radius 1 is 1.40 bits per heavy atom. The summed E-state index contributed by atoms with van der Waals surface area (Å²) >= 11 is 1.22. The molecule has 0 aliphatic carbocycles. The number of rotatable bonds is 6. The molecule has 1 aliphatic rings. The van der Waals surface area contributed by atoms with Crippen LogP contribution in [0, 0.1) is 17.7 Å². The average Bonchev–Trinajstić information content (AvgIpc) is 3.04. The second-order valence-electron chi connectivity index (χ2n) is 6.46. The van der Waals surface area contributed by atoms with Gasteiger partial charge in [0.05, 0.1) is 17.3 Å². The predicted octanol–water partition coefficient (Wildman–Crippen LogP) is 2.41. The van der Waals surface area contributed by atoms with E-state index >= 15 is 0 Å². The Labute approximate surface area is 149 Å². The van der Waals surface area contributed by atoms with Gasteiger partial charge in [-0.25, -0.2) is 14.4 Å². The van der Waals surface area contributed by atoms with E-state index < -0.39 is 18.0 Å². The molecule has 1 saturated heterocycles. The van der Waals surface area contributed by atoms with E-state index in [0.29, 0.717) is 40.8 Å². The number of hydrogen-bond acceptors (Lipinski definition) is 7. The first-order valence-corrected chi connectivity index (χ1v) is 9.02. The van der Waals surface area contributed by atoms with Gasteiger partial charge >= 0.3 is 0 Å². The molecule has 3 atom stereocenters. The number of anilines is 1. The van der Waals surface area contributed by atoms with Crippen LogP contribution in [-0.4, -0.2) is 43.8 Å². The molecule has 9 heteroatoms. The maximum absolute atomic E-state index is 14.0. The maximum Gasteiger partial charge on any atom is 0.230 e. The minimum Gasteiger partial charge on any atom is -0.374 e. The Kier molecular flexibility index (Phi) is 5.55. The first-order chi connectivity index (χ1) is 11.9. The zero-order valence-electron chi connectivity index (χ0n) is 14.1. The molecule has 136 valence electrons. The van der Waals surface area contributed by atoms with E-state index in [1.807, 2.05) is 0 Å². The molecule has 2 N–H and O–H groups in total. The zero-order valence-corrected chi connectivity index (χ0v) is 14.9. The number of likely N-dealkylation sites (tertiary alicyclic amines) is 1. The smallest absolute Gasteiger partial charge is 0.230 e. The summed E-state index contributed by atoms with van der Waals surface area (Å²) in [5, 5.41) is 12.4. The summed E-state index contributed by atoms with van der Waals surface area (Å²) in [4.78, 5) is 14.6. The molecule has 3 rings (SSSR count). The van der Waals surface area contributed by atoms with Gasteiger partial charge in [-0.2, -0.15) is 9.37 Å². The lowest BCUT2D eigenvalue weighted by atomic mass is 10.0. The van der Waals surface area contributed by atoms with Crippen molar-refractivity contribution in [2.75, 3.05) is 11.9 Å². The van der Waals surface area contributed by atoms with Crippen molar-refractivity contribution in [3.63, 3.8) is 0 Å². The highest BCUT2D eigenvalue weighted by Crippen LogP contribution is 2.30. The van der Waals surface area contributed by atoms with E-state index in [0.717, 1.165) is 13.0 Å². The van der Waals surface area contributed by atoms with E-state index in [9.17, 15) is 13.9 Å². The van der Waals surface area contributed by atoms with E-state index in [1.165, 1.54) is 23.7 Å². The van der Waals surface area contributed by atoms with Crippen molar-refractivity contribution < 1.29 is 13.9 Å². The molecule has 0 saturated carbocycles. The van der Waals surface area contributed by atoms with Gasteiger partial charge in [0.2, 0.25) is 5.95 Å². The van der Waals surface area contributed by atoms with Crippen molar-refractivity contribution in [2.24, 2.45) is 5.92 Å². The summed E-state index contributed by atoms with van der Waals surface area (Å²) in [6, 6.07) is 0.306. The second kappa shape index (κ2) is 7.67. The number of thiazole rings is 1. The van der Waals surface area contributed by atoms with Crippen molar-refractivity contribution >= 4 is 16.5 Å². The van der Waals surface area contributed by atoms with Crippen LogP contribution in [0.25, 0.3) is 0 Å². The highest BCUT2D eigenvalue weighted by molar-refractivity contribution is 7.15. The molecule has 6 nitrogen and oxygen atoms in total. The Morgan fingerprint density at radius 2 is 2.12 bits per heavy atom. The lowest BCUT2D eigenvalue weighted by Gasteiger charge is -2.19. The van der Waals surface area contributed by atoms with E-state index in [-0.39, 0.29) is 0 Å². The number of aliphatic hydroxyl groups is 1. The molecule has 2 aromatic heterocycles. The Balaban J connectivity index is 1.60. The fourth-order valence-electron chi connectivity index (χ4n) is 3.14. The molecular formula is C16H21F2N5OS. The number of nitrogens with one attached hydrogen (secondary N) is 1.